The molecule has 0 unspecified atom stereocenters. The molecule has 0 aliphatic rings. The van der Waals surface area contributed by atoms with Crippen LogP contribution in [0.2, 0.25) is 0 Å². The fourth-order valence-electron chi connectivity index (χ4n) is 1.98. The van der Waals surface area contributed by atoms with Gasteiger partial charge in [-0.1, -0.05) is 20.8 Å². The van der Waals surface area contributed by atoms with Gasteiger partial charge in [-0.2, -0.15) is 5.26 Å². The highest BCUT2D eigenvalue weighted by Gasteiger charge is 2.14. The molecule has 0 fully saturated rings. The van der Waals surface area contributed by atoms with E-state index in [4.69, 9.17) is 5.26 Å². The Kier molecular flexibility index (Phi) is 6.07. The fraction of sp³-hybridized carbons (Fsp3) is 0.643. The SMILES string of the molecule is CCCn1ccnc(N(CCC#N)CC(C)C)c1=O. The zero-order valence-corrected chi connectivity index (χ0v) is 12.0. The molecule has 0 bridgehead atoms. The molecule has 0 N–H and O–H groups in total. The molecule has 0 atom stereocenters. The minimum absolute atomic E-state index is 0.0667. The third-order valence-corrected chi connectivity index (χ3v) is 2.74. The topological polar surface area (TPSA) is 61.9 Å². The van der Waals surface area contributed by atoms with Gasteiger partial charge in [0.05, 0.1) is 12.5 Å². The molecule has 0 radical (unpaired) electrons. The van der Waals surface area contributed by atoms with E-state index in [1.165, 1.54) is 0 Å². The number of nitrogens with zero attached hydrogens (tertiary/aromatic N) is 4. The Balaban J connectivity index is 3.04. The minimum Gasteiger partial charge on any atom is -0.351 e. The van der Waals surface area contributed by atoms with Gasteiger partial charge in [-0.15, -0.1) is 0 Å². The van der Waals surface area contributed by atoms with Crippen molar-refractivity contribution >= 4 is 5.82 Å². The van der Waals surface area contributed by atoms with Crippen LogP contribution in [-0.4, -0.2) is 22.6 Å². The molecular formula is C14H22N4O. The summed E-state index contributed by atoms with van der Waals surface area (Å²) in [5.74, 6) is 0.875. The Bertz CT molecular complexity index is 487. The number of aryl methyl sites for hydroxylation is 1. The summed E-state index contributed by atoms with van der Waals surface area (Å²) in [5, 5.41) is 8.72. The van der Waals surface area contributed by atoms with Crippen molar-refractivity contribution in [2.75, 3.05) is 18.0 Å². The van der Waals surface area contributed by atoms with Crippen molar-refractivity contribution < 1.29 is 0 Å². The van der Waals surface area contributed by atoms with E-state index in [2.05, 4.69) is 24.9 Å². The van der Waals surface area contributed by atoms with E-state index in [0.29, 0.717) is 31.2 Å². The highest BCUT2D eigenvalue weighted by Crippen LogP contribution is 2.08. The van der Waals surface area contributed by atoms with Gasteiger partial charge in [0.1, 0.15) is 0 Å². The maximum absolute atomic E-state index is 12.3. The van der Waals surface area contributed by atoms with Crippen LogP contribution in [0.3, 0.4) is 0 Å². The molecule has 1 rings (SSSR count). The molecular weight excluding hydrogens is 240 g/mol. The monoisotopic (exact) mass is 262 g/mol. The summed E-state index contributed by atoms with van der Waals surface area (Å²) in [6.45, 7) is 8.20. The van der Waals surface area contributed by atoms with E-state index in [-0.39, 0.29) is 5.56 Å². The Labute approximate surface area is 114 Å². The van der Waals surface area contributed by atoms with Crippen LogP contribution in [0, 0.1) is 17.2 Å². The van der Waals surface area contributed by atoms with Gasteiger partial charge in [-0.25, -0.2) is 4.98 Å². The molecule has 19 heavy (non-hydrogen) atoms. The van der Waals surface area contributed by atoms with Crippen molar-refractivity contribution in [3.8, 4) is 6.07 Å². The van der Waals surface area contributed by atoms with E-state index in [0.717, 1.165) is 13.0 Å². The molecule has 1 aromatic heterocycles. The molecule has 0 saturated carbocycles. The van der Waals surface area contributed by atoms with Gasteiger partial charge in [0.2, 0.25) is 0 Å². The van der Waals surface area contributed by atoms with E-state index >= 15 is 0 Å². The van der Waals surface area contributed by atoms with Crippen LogP contribution in [0.25, 0.3) is 0 Å². The first-order chi connectivity index (χ1) is 9.10. The van der Waals surface area contributed by atoms with Crippen LogP contribution < -0.4 is 10.5 Å². The predicted octanol–water partition coefficient (Wildman–Crippen LogP) is 2.03. The molecule has 5 heteroatoms. The Morgan fingerprint density at radius 2 is 2.26 bits per heavy atom. The smallest absolute Gasteiger partial charge is 0.293 e. The van der Waals surface area contributed by atoms with Gasteiger partial charge >= 0.3 is 0 Å². The third-order valence-electron chi connectivity index (χ3n) is 2.74. The van der Waals surface area contributed by atoms with Crippen molar-refractivity contribution in [1.29, 1.82) is 5.26 Å². The molecule has 0 spiro atoms. The quantitative estimate of drug-likeness (QED) is 0.754. The van der Waals surface area contributed by atoms with Gasteiger partial charge < -0.3 is 9.47 Å². The average molecular weight is 262 g/mol. The first kappa shape index (κ1) is 15.2. The molecule has 104 valence electrons. The van der Waals surface area contributed by atoms with Gasteiger partial charge in [0, 0.05) is 32.0 Å². The number of hydrogen-bond donors (Lipinski definition) is 0. The zero-order valence-electron chi connectivity index (χ0n) is 12.0. The van der Waals surface area contributed by atoms with Crippen molar-refractivity contribution in [3.05, 3.63) is 22.7 Å². The van der Waals surface area contributed by atoms with Crippen molar-refractivity contribution in [2.24, 2.45) is 5.92 Å². The zero-order chi connectivity index (χ0) is 14.3. The molecule has 0 aliphatic heterocycles. The van der Waals surface area contributed by atoms with Gasteiger partial charge in [0.25, 0.3) is 5.56 Å². The fourth-order valence-corrected chi connectivity index (χ4v) is 1.98. The van der Waals surface area contributed by atoms with Crippen LogP contribution in [-0.2, 0) is 6.54 Å². The number of rotatable bonds is 7. The second kappa shape index (κ2) is 7.57. The summed E-state index contributed by atoms with van der Waals surface area (Å²) in [4.78, 5) is 18.5. The molecule has 1 aromatic rings. The van der Waals surface area contributed by atoms with E-state index in [9.17, 15) is 4.79 Å². The minimum atomic E-state index is -0.0667. The second-order valence-electron chi connectivity index (χ2n) is 5.00. The lowest BCUT2D eigenvalue weighted by Gasteiger charge is -2.24. The van der Waals surface area contributed by atoms with E-state index in [1.807, 2.05) is 11.8 Å². The van der Waals surface area contributed by atoms with Crippen LogP contribution in [0.4, 0.5) is 5.82 Å². The standard InChI is InChI=1S/C14H22N4O/c1-4-8-17-10-7-16-13(14(17)19)18(9-5-6-15)11-12(2)3/h7,10,12H,4-5,8-9,11H2,1-3H3. The number of anilines is 1. The van der Waals surface area contributed by atoms with Crippen LogP contribution in [0.5, 0.6) is 0 Å². The molecule has 5 nitrogen and oxygen atoms in total. The number of hydrogen-bond acceptors (Lipinski definition) is 4. The highest BCUT2D eigenvalue weighted by atomic mass is 16.1. The lowest BCUT2D eigenvalue weighted by Crippen LogP contribution is -2.36. The molecule has 0 saturated heterocycles. The van der Waals surface area contributed by atoms with Gasteiger partial charge in [-0.3, -0.25) is 4.79 Å². The summed E-state index contributed by atoms with van der Waals surface area (Å²) in [6.07, 6.45) is 4.68. The maximum Gasteiger partial charge on any atom is 0.293 e. The lowest BCUT2D eigenvalue weighted by molar-refractivity contribution is 0.593. The second-order valence-corrected chi connectivity index (χ2v) is 5.00. The van der Waals surface area contributed by atoms with Gasteiger partial charge in [-0.05, 0) is 12.3 Å². The summed E-state index contributed by atoms with van der Waals surface area (Å²) < 4.78 is 1.68. The van der Waals surface area contributed by atoms with Crippen LogP contribution in [0.15, 0.2) is 17.2 Å². The summed E-state index contributed by atoms with van der Waals surface area (Å²) in [7, 11) is 0. The molecule has 1 heterocycles. The normalized spacial score (nSPS) is 10.5. The van der Waals surface area contributed by atoms with Crippen molar-refractivity contribution in [1.82, 2.24) is 9.55 Å². The average Bonchev–Trinajstić information content (AvgIpc) is 2.37. The number of aromatic nitrogens is 2. The van der Waals surface area contributed by atoms with Crippen molar-refractivity contribution in [2.45, 2.75) is 40.2 Å². The lowest BCUT2D eigenvalue weighted by atomic mass is 10.2. The van der Waals surface area contributed by atoms with Crippen molar-refractivity contribution in [3.63, 3.8) is 0 Å². The summed E-state index contributed by atoms with van der Waals surface area (Å²) >= 11 is 0. The predicted molar refractivity (Wildman–Crippen MR) is 76.1 cm³/mol. The Morgan fingerprint density at radius 1 is 1.53 bits per heavy atom. The van der Waals surface area contributed by atoms with E-state index in [1.54, 1.807) is 17.0 Å². The molecule has 0 aliphatic carbocycles. The number of nitriles is 1. The summed E-state index contributed by atoms with van der Waals surface area (Å²) in [6, 6.07) is 2.12. The third kappa shape index (κ3) is 4.40. The Morgan fingerprint density at radius 3 is 2.84 bits per heavy atom. The first-order valence-electron chi connectivity index (χ1n) is 6.77. The first-order valence-corrected chi connectivity index (χ1v) is 6.77. The van der Waals surface area contributed by atoms with Crippen LogP contribution >= 0.6 is 0 Å². The maximum atomic E-state index is 12.3. The summed E-state index contributed by atoms with van der Waals surface area (Å²) in [5.41, 5.74) is -0.0667. The van der Waals surface area contributed by atoms with E-state index < -0.39 is 0 Å². The molecule has 0 aromatic carbocycles. The molecule has 0 amide bonds. The highest BCUT2D eigenvalue weighted by molar-refractivity contribution is 5.35. The Hall–Kier alpha value is -1.83. The van der Waals surface area contributed by atoms with Gasteiger partial charge in [0.15, 0.2) is 5.82 Å². The largest absolute Gasteiger partial charge is 0.351 e. The van der Waals surface area contributed by atoms with Crippen LogP contribution in [0.1, 0.15) is 33.6 Å².